The van der Waals surface area contributed by atoms with Crippen molar-refractivity contribution >= 4 is 23.8 Å². The number of carboxylic acids is 2. The first-order chi connectivity index (χ1) is 15.3. The molecule has 0 fully saturated rings. The van der Waals surface area contributed by atoms with Gasteiger partial charge in [-0.2, -0.15) is 0 Å². The van der Waals surface area contributed by atoms with Crippen LogP contribution in [-0.2, 0) is 23.9 Å². The van der Waals surface area contributed by atoms with E-state index in [0.29, 0.717) is 13.0 Å². The van der Waals surface area contributed by atoms with E-state index in [-0.39, 0.29) is 25.4 Å². The molecule has 0 radical (unpaired) electrons. The second kappa shape index (κ2) is 25.0. The van der Waals surface area contributed by atoms with Crippen LogP contribution in [0.25, 0.3) is 0 Å². The van der Waals surface area contributed by atoms with Gasteiger partial charge in [0.2, 0.25) is 0 Å². The number of unbranched alkanes of at least 4 members (excludes halogenated alkanes) is 7. The summed E-state index contributed by atoms with van der Waals surface area (Å²) >= 11 is 0. The number of nitrogens with one attached hydrogen (secondary N) is 1. The highest BCUT2D eigenvalue weighted by Gasteiger charge is 2.05. The Balaban J connectivity index is 0. The van der Waals surface area contributed by atoms with E-state index in [2.05, 4.69) is 10.1 Å². The summed E-state index contributed by atoms with van der Waals surface area (Å²) in [5, 5.41) is 19.3. The minimum Gasteiger partial charge on any atom is -0.481 e. The minimum absolute atomic E-state index is 0.109. The van der Waals surface area contributed by atoms with Crippen molar-refractivity contribution in [3.63, 3.8) is 0 Å². The number of hydrogen-bond acceptors (Lipinski definition) is 8. The zero-order chi connectivity index (χ0) is 24.5. The van der Waals surface area contributed by atoms with Crippen molar-refractivity contribution in [2.24, 2.45) is 11.5 Å². The summed E-state index contributed by atoms with van der Waals surface area (Å²) < 4.78 is 9.35. The molecule has 1 amide bonds. The lowest BCUT2D eigenvalue weighted by atomic mass is 10.1. The quantitative estimate of drug-likeness (QED) is 0.166. The maximum atomic E-state index is 11.3. The van der Waals surface area contributed by atoms with E-state index in [1.54, 1.807) is 0 Å². The molecule has 0 aliphatic carbocycles. The van der Waals surface area contributed by atoms with Gasteiger partial charge in [0.25, 0.3) is 0 Å². The standard InChI is InChI=1S/C15H25NO8.C6H16N2/c17-12(10-23-11-14(20)21)6-4-2-1-3-5-8-16-15(22)24-9-7-13(18)19;7-5-3-1-2-4-6-8/h1-11H2,(H,16,22)(H,18,19)(H,20,21);1-8H2. The molecule has 7 N–H and O–H groups in total. The number of ether oxygens (including phenoxy) is 2. The number of aliphatic carboxylic acids is 2. The van der Waals surface area contributed by atoms with Gasteiger partial charge in [-0.1, -0.05) is 32.1 Å². The number of rotatable bonds is 20. The van der Waals surface area contributed by atoms with Crippen molar-refractivity contribution < 1.29 is 38.9 Å². The van der Waals surface area contributed by atoms with Gasteiger partial charge >= 0.3 is 18.0 Å². The first-order valence-electron chi connectivity index (χ1n) is 11.2. The SMILES string of the molecule is NCCCCCCN.O=C(O)CCOC(=O)NCCCCCCCC(=O)COCC(=O)O. The molecule has 0 aliphatic rings. The highest BCUT2D eigenvalue weighted by Crippen LogP contribution is 2.05. The molecule has 0 aromatic carbocycles. The van der Waals surface area contributed by atoms with Crippen LogP contribution < -0.4 is 16.8 Å². The van der Waals surface area contributed by atoms with Crippen molar-refractivity contribution in [1.29, 1.82) is 0 Å². The van der Waals surface area contributed by atoms with Crippen molar-refractivity contribution in [3.8, 4) is 0 Å². The van der Waals surface area contributed by atoms with Crippen LogP contribution in [0.1, 0.15) is 70.6 Å². The molecule has 11 heteroatoms. The number of carbonyl (C=O) groups is 4. The molecule has 0 rings (SSSR count). The number of Topliss-reactive ketones (excluding diaryl/α,β-unsaturated/α-hetero) is 1. The first-order valence-corrected chi connectivity index (χ1v) is 11.2. The maximum absolute atomic E-state index is 11.3. The fourth-order valence-electron chi connectivity index (χ4n) is 2.42. The molecule has 0 saturated carbocycles. The van der Waals surface area contributed by atoms with Gasteiger partial charge in [-0.05, 0) is 38.8 Å². The lowest BCUT2D eigenvalue weighted by Crippen LogP contribution is -2.26. The van der Waals surface area contributed by atoms with E-state index in [4.69, 9.17) is 26.4 Å². The number of carboxylic acid groups (broad SMARTS) is 2. The molecule has 11 nitrogen and oxygen atoms in total. The molecule has 0 spiro atoms. The van der Waals surface area contributed by atoms with Crippen molar-refractivity contribution in [2.75, 3.05) is 39.5 Å². The molecule has 0 unspecified atom stereocenters. The average Bonchev–Trinajstić information content (AvgIpc) is 2.73. The Labute approximate surface area is 190 Å². The van der Waals surface area contributed by atoms with Crippen LogP contribution in [0.5, 0.6) is 0 Å². The number of ketones is 1. The predicted octanol–water partition coefficient (Wildman–Crippen LogP) is 1.66. The van der Waals surface area contributed by atoms with Gasteiger partial charge in [0.05, 0.1) is 6.42 Å². The monoisotopic (exact) mass is 463 g/mol. The summed E-state index contributed by atoms with van der Waals surface area (Å²) in [6, 6.07) is 0. The Morgan fingerprint density at radius 2 is 1.25 bits per heavy atom. The van der Waals surface area contributed by atoms with Crippen LogP contribution >= 0.6 is 0 Å². The predicted molar refractivity (Wildman–Crippen MR) is 119 cm³/mol. The van der Waals surface area contributed by atoms with Gasteiger partial charge in [0, 0.05) is 13.0 Å². The third-order valence-corrected chi connectivity index (χ3v) is 4.10. The molecule has 0 aliphatic heterocycles. The number of hydrogen-bond donors (Lipinski definition) is 5. The smallest absolute Gasteiger partial charge is 0.407 e. The Bertz CT molecular complexity index is 459. The zero-order valence-corrected chi connectivity index (χ0v) is 19.0. The second-order valence-electron chi connectivity index (χ2n) is 7.14. The second-order valence-corrected chi connectivity index (χ2v) is 7.14. The summed E-state index contributed by atoms with van der Waals surface area (Å²) in [5.74, 6) is -2.22. The fourth-order valence-corrected chi connectivity index (χ4v) is 2.42. The normalized spacial score (nSPS) is 10.1. The van der Waals surface area contributed by atoms with Crippen molar-refractivity contribution in [1.82, 2.24) is 5.32 Å². The van der Waals surface area contributed by atoms with Crippen LogP contribution in [0.4, 0.5) is 4.79 Å². The Morgan fingerprint density at radius 1 is 0.688 bits per heavy atom. The summed E-state index contributed by atoms with van der Waals surface area (Å²) in [6.07, 6.45) is 8.49. The lowest BCUT2D eigenvalue weighted by molar-refractivity contribution is -0.143. The van der Waals surface area contributed by atoms with Gasteiger partial charge in [-0.15, -0.1) is 0 Å². The van der Waals surface area contributed by atoms with Crippen LogP contribution in [-0.4, -0.2) is 73.5 Å². The molecular weight excluding hydrogens is 422 g/mol. The Hall–Kier alpha value is -2.24. The van der Waals surface area contributed by atoms with Crippen LogP contribution in [0, 0.1) is 0 Å². The van der Waals surface area contributed by atoms with Crippen molar-refractivity contribution in [2.45, 2.75) is 70.6 Å². The Morgan fingerprint density at radius 3 is 1.81 bits per heavy atom. The van der Waals surface area contributed by atoms with Crippen LogP contribution in [0.15, 0.2) is 0 Å². The van der Waals surface area contributed by atoms with Gasteiger partial charge in [0.1, 0.15) is 19.8 Å². The van der Waals surface area contributed by atoms with Gasteiger partial charge in [-0.3, -0.25) is 9.59 Å². The Kier molecular flexibility index (Phi) is 25.0. The topological polar surface area (TPSA) is 191 Å². The lowest BCUT2D eigenvalue weighted by Gasteiger charge is -2.06. The largest absolute Gasteiger partial charge is 0.481 e. The fraction of sp³-hybridized carbons (Fsp3) is 0.810. The molecule has 0 aromatic heterocycles. The van der Waals surface area contributed by atoms with Gasteiger partial charge in [0.15, 0.2) is 5.78 Å². The van der Waals surface area contributed by atoms with E-state index in [1.807, 2.05) is 0 Å². The molecule has 0 heterocycles. The third kappa shape index (κ3) is 30.0. The summed E-state index contributed by atoms with van der Waals surface area (Å²) in [7, 11) is 0. The van der Waals surface area contributed by atoms with E-state index in [1.165, 1.54) is 12.8 Å². The first kappa shape index (κ1) is 31.9. The molecular formula is C21H41N3O8. The molecule has 0 bridgehead atoms. The van der Waals surface area contributed by atoms with Crippen molar-refractivity contribution in [3.05, 3.63) is 0 Å². The average molecular weight is 464 g/mol. The summed E-state index contributed by atoms with van der Waals surface area (Å²) in [5.41, 5.74) is 10.6. The maximum Gasteiger partial charge on any atom is 0.407 e. The van der Waals surface area contributed by atoms with Crippen LogP contribution in [0.2, 0.25) is 0 Å². The van der Waals surface area contributed by atoms with Gasteiger partial charge in [-0.25, -0.2) is 9.59 Å². The minimum atomic E-state index is -1.10. The number of amides is 1. The number of nitrogens with two attached hydrogens (primary N) is 2. The zero-order valence-electron chi connectivity index (χ0n) is 19.0. The molecule has 0 atom stereocenters. The van der Waals surface area contributed by atoms with E-state index >= 15 is 0 Å². The van der Waals surface area contributed by atoms with E-state index in [9.17, 15) is 19.2 Å². The highest BCUT2D eigenvalue weighted by molar-refractivity contribution is 5.80. The van der Waals surface area contributed by atoms with Gasteiger partial charge < -0.3 is 36.5 Å². The molecule has 0 aromatic rings. The summed E-state index contributed by atoms with van der Waals surface area (Å²) in [4.78, 5) is 42.9. The number of carbonyl (C=O) groups excluding carboxylic acids is 2. The summed E-state index contributed by atoms with van der Waals surface area (Å²) in [6.45, 7) is 1.33. The highest BCUT2D eigenvalue weighted by atomic mass is 16.5. The molecule has 188 valence electrons. The molecule has 0 saturated heterocycles. The molecule has 32 heavy (non-hydrogen) atoms. The van der Waals surface area contributed by atoms with E-state index in [0.717, 1.165) is 58.0 Å². The number of alkyl carbamates (subject to hydrolysis) is 1. The van der Waals surface area contributed by atoms with Crippen LogP contribution in [0.3, 0.4) is 0 Å². The third-order valence-electron chi connectivity index (χ3n) is 4.10. The van der Waals surface area contributed by atoms with E-state index < -0.39 is 24.6 Å².